The van der Waals surface area contributed by atoms with Gasteiger partial charge in [-0.2, -0.15) is 0 Å². The van der Waals surface area contributed by atoms with E-state index in [1.807, 2.05) is 0 Å². The highest BCUT2D eigenvalue weighted by molar-refractivity contribution is 6.39. The third kappa shape index (κ3) is 3.37. The van der Waals surface area contributed by atoms with Gasteiger partial charge in [-0.05, 0) is 0 Å². The average Bonchev–Trinajstić information content (AvgIpc) is 2.45. The molecule has 1 fully saturated rings. The number of morpholine rings is 1. The number of carbonyl (C=O) groups excluding carboxylic acids is 1. The second-order valence-electron chi connectivity index (χ2n) is 4.34. The van der Waals surface area contributed by atoms with E-state index in [1.165, 1.54) is 19.2 Å². The van der Waals surface area contributed by atoms with Crippen LogP contribution in [-0.2, 0) is 14.3 Å². The van der Waals surface area contributed by atoms with Crippen molar-refractivity contribution in [3.05, 3.63) is 32.3 Å². The number of esters is 1. The minimum Gasteiger partial charge on any atom is -0.467 e. The molecule has 114 valence electrons. The first-order valence-electron chi connectivity index (χ1n) is 6.02. The van der Waals surface area contributed by atoms with Gasteiger partial charge in [0.05, 0.1) is 40.9 Å². The number of halogens is 2. The van der Waals surface area contributed by atoms with E-state index in [-0.39, 0.29) is 22.3 Å². The number of nitro groups is 1. The van der Waals surface area contributed by atoms with Gasteiger partial charge in [-0.3, -0.25) is 10.1 Å². The van der Waals surface area contributed by atoms with Crippen molar-refractivity contribution in [3.8, 4) is 0 Å². The summed E-state index contributed by atoms with van der Waals surface area (Å²) in [6, 6.07) is 2.46. The summed E-state index contributed by atoms with van der Waals surface area (Å²) < 4.78 is 9.95. The Kier molecular flexibility index (Phi) is 4.87. The quantitative estimate of drug-likeness (QED) is 0.479. The lowest BCUT2D eigenvalue weighted by atomic mass is 10.2. The molecule has 9 heteroatoms. The number of ether oxygens (including phenoxy) is 2. The van der Waals surface area contributed by atoms with E-state index in [0.29, 0.717) is 18.8 Å². The van der Waals surface area contributed by atoms with E-state index in [2.05, 4.69) is 4.74 Å². The number of non-ortho nitro benzene ring substituents is 1. The standard InChI is InChI=1S/C12H12Cl2N2O5/c1-20-12(17)10-6-15(2-3-21-10)11-8(13)4-7(16(18)19)5-9(11)14/h4-5,10H,2-3,6H2,1H3. The number of nitro benzene ring substituents is 1. The molecule has 1 aromatic carbocycles. The minimum atomic E-state index is -0.744. The smallest absolute Gasteiger partial charge is 0.336 e. The number of nitrogens with zero attached hydrogens (tertiary/aromatic N) is 2. The lowest BCUT2D eigenvalue weighted by molar-refractivity contribution is -0.384. The van der Waals surface area contributed by atoms with Gasteiger partial charge in [0.1, 0.15) is 0 Å². The normalized spacial score (nSPS) is 18.4. The highest BCUT2D eigenvalue weighted by Gasteiger charge is 2.30. The number of anilines is 1. The Labute approximate surface area is 130 Å². The van der Waals surface area contributed by atoms with Gasteiger partial charge in [0.2, 0.25) is 0 Å². The van der Waals surface area contributed by atoms with Crippen LogP contribution < -0.4 is 4.90 Å². The number of benzene rings is 1. The predicted molar refractivity (Wildman–Crippen MR) is 77.1 cm³/mol. The molecule has 2 rings (SSSR count). The molecule has 21 heavy (non-hydrogen) atoms. The van der Waals surface area contributed by atoms with Gasteiger partial charge in [-0.1, -0.05) is 23.2 Å². The molecule has 1 unspecified atom stereocenters. The second-order valence-corrected chi connectivity index (χ2v) is 5.16. The van der Waals surface area contributed by atoms with Crippen molar-refractivity contribution in [2.45, 2.75) is 6.10 Å². The van der Waals surface area contributed by atoms with E-state index in [9.17, 15) is 14.9 Å². The molecular formula is C12H12Cl2N2O5. The Hall–Kier alpha value is -1.57. The monoisotopic (exact) mass is 334 g/mol. The lowest BCUT2D eigenvalue weighted by Crippen LogP contribution is -2.46. The lowest BCUT2D eigenvalue weighted by Gasteiger charge is -2.34. The molecule has 1 saturated heterocycles. The summed E-state index contributed by atoms with van der Waals surface area (Å²) in [7, 11) is 1.27. The maximum atomic E-state index is 11.5. The Morgan fingerprint density at radius 2 is 2.10 bits per heavy atom. The first kappa shape index (κ1) is 15.8. The summed E-state index contributed by atoms with van der Waals surface area (Å²) in [5.41, 5.74) is 0.257. The van der Waals surface area contributed by atoms with Crippen molar-refractivity contribution < 1.29 is 19.2 Å². The molecule has 0 N–H and O–H groups in total. The van der Waals surface area contributed by atoms with Crippen molar-refractivity contribution in [2.24, 2.45) is 0 Å². The van der Waals surface area contributed by atoms with Crippen molar-refractivity contribution in [2.75, 3.05) is 31.7 Å². The zero-order chi connectivity index (χ0) is 15.6. The van der Waals surface area contributed by atoms with Gasteiger partial charge in [0.25, 0.3) is 5.69 Å². The van der Waals surface area contributed by atoms with Crippen LogP contribution in [0.15, 0.2) is 12.1 Å². The highest BCUT2D eigenvalue weighted by atomic mass is 35.5. The minimum absolute atomic E-state index is 0.153. The van der Waals surface area contributed by atoms with Crippen LogP contribution in [0.25, 0.3) is 0 Å². The Morgan fingerprint density at radius 1 is 1.48 bits per heavy atom. The third-order valence-electron chi connectivity index (χ3n) is 3.06. The molecule has 0 radical (unpaired) electrons. The second kappa shape index (κ2) is 6.46. The fraction of sp³-hybridized carbons (Fsp3) is 0.417. The molecule has 0 spiro atoms. The Balaban J connectivity index is 2.29. The van der Waals surface area contributed by atoms with Gasteiger partial charge in [-0.15, -0.1) is 0 Å². The van der Waals surface area contributed by atoms with Crippen molar-refractivity contribution in [1.29, 1.82) is 0 Å². The van der Waals surface area contributed by atoms with Crippen molar-refractivity contribution in [3.63, 3.8) is 0 Å². The van der Waals surface area contributed by atoms with E-state index in [4.69, 9.17) is 27.9 Å². The highest BCUT2D eigenvalue weighted by Crippen LogP contribution is 2.38. The Bertz CT molecular complexity index is 558. The maximum absolute atomic E-state index is 11.5. The van der Waals surface area contributed by atoms with Crippen LogP contribution in [0, 0.1) is 10.1 Å². The van der Waals surface area contributed by atoms with Gasteiger partial charge in [0, 0.05) is 18.7 Å². The van der Waals surface area contributed by atoms with E-state index < -0.39 is 17.0 Å². The molecule has 0 aliphatic carbocycles. The zero-order valence-corrected chi connectivity index (χ0v) is 12.6. The molecule has 1 aliphatic rings. The van der Waals surface area contributed by atoms with Crippen LogP contribution in [0.2, 0.25) is 10.0 Å². The summed E-state index contributed by atoms with van der Waals surface area (Å²) in [6.07, 6.45) is -0.744. The molecule has 0 aromatic heterocycles. The van der Waals surface area contributed by atoms with Crippen LogP contribution in [0.1, 0.15) is 0 Å². The molecule has 1 atom stereocenters. The maximum Gasteiger partial charge on any atom is 0.336 e. The largest absolute Gasteiger partial charge is 0.467 e. The molecular weight excluding hydrogens is 323 g/mol. The van der Waals surface area contributed by atoms with Crippen LogP contribution >= 0.6 is 23.2 Å². The number of hydrogen-bond acceptors (Lipinski definition) is 6. The van der Waals surface area contributed by atoms with Crippen molar-refractivity contribution >= 4 is 40.5 Å². The number of methoxy groups -OCH3 is 1. The first-order chi connectivity index (χ1) is 9.93. The predicted octanol–water partition coefficient (Wildman–Crippen LogP) is 2.28. The summed E-state index contributed by atoms with van der Waals surface area (Å²) in [6.45, 7) is 0.970. The van der Waals surface area contributed by atoms with E-state index in [0.717, 1.165) is 0 Å². The molecule has 0 bridgehead atoms. The topological polar surface area (TPSA) is 81.9 Å². The number of rotatable bonds is 3. The van der Waals surface area contributed by atoms with Gasteiger partial charge in [-0.25, -0.2) is 4.79 Å². The van der Waals surface area contributed by atoms with E-state index >= 15 is 0 Å². The molecule has 7 nitrogen and oxygen atoms in total. The van der Waals surface area contributed by atoms with Crippen LogP contribution in [0.5, 0.6) is 0 Å². The number of carbonyl (C=O) groups is 1. The molecule has 1 aliphatic heterocycles. The average molecular weight is 335 g/mol. The van der Waals surface area contributed by atoms with Gasteiger partial charge >= 0.3 is 5.97 Å². The van der Waals surface area contributed by atoms with E-state index in [1.54, 1.807) is 4.90 Å². The molecule has 0 saturated carbocycles. The fourth-order valence-corrected chi connectivity index (χ4v) is 2.80. The van der Waals surface area contributed by atoms with Crippen molar-refractivity contribution in [1.82, 2.24) is 0 Å². The SMILES string of the molecule is COC(=O)C1CN(c2c(Cl)cc([N+](=O)[O-])cc2Cl)CCO1. The van der Waals surface area contributed by atoms with Gasteiger partial charge in [0.15, 0.2) is 6.10 Å². The molecule has 1 heterocycles. The zero-order valence-electron chi connectivity index (χ0n) is 11.0. The summed E-state index contributed by atoms with van der Waals surface area (Å²) in [5.74, 6) is -0.492. The summed E-state index contributed by atoms with van der Waals surface area (Å²) in [4.78, 5) is 23.5. The fourth-order valence-electron chi connectivity index (χ4n) is 2.09. The number of hydrogen-bond donors (Lipinski definition) is 0. The van der Waals surface area contributed by atoms with Crippen LogP contribution in [0.4, 0.5) is 11.4 Å². The summed E-state index contributed by atoms with van der Waals surface area (Å²) >= 11 is 12.2. The Morgan fingerprint density at radius 3 is 2.62 bits per heavy atom. The van der Waals surface area contributed by atoms with Crippen LogP contribution in [-0.4, -0.2) is 43.8 Å². The first-order valence-corrected chi connectivity index (χ1v) is 6.77. The van der Waals surface area contributed by atoms with Gasteiger partial charge < -0.3 is 14.4 Å². The van der Waals surface area contributed by atoms with Crippen LogP contribution in [0.3, 0.4) is 0 Å². The summed E-state index contributed by atoms with van der Waals surface area (Å²) in [5, 5.41) is 11.1. The molecule has 1 aromatic rings. The molecule has 0 amide bonds. The third-order valence-corrected chi connectivity index (χ3v) is 3.64.